The monoisotopic (exact) mass is 602 g/mol. The van der Waals surface area contributed by atoms with Crippen molar-refractivity contribution in [2.24, 2.45) is 5.92 Å². The number of benzene rings is 2. The number of aromatic nitrogens is 2. The van der Waals surface area contributed by atoms with Gasteiger partial charge in [0, 0.05) is 75.9 Å². The van der Waals surface area contributed by atoms with Crippen molar-refractivity contribution in [3.63, 3.8) is 0 Å². The average Bonchev–Trinajstić information content (AvgIpc) is 3.58. The van der Waals surface area contributed by atoms with Gasteiger partial charge in [0.2, 0.25) is 5.91 Å². The topological polar surface area (TPSA) is 122 Å². The van der Waals surface area contributed by atoms with E-state index in [0.29, 0.717) is 38.5 Å². The molecule has 0 bridgehead atoms. The van der Waals surface area contributed by atoms with E-state index in [-0.39, 0.29) is 30.8 Å². The van der Waals surface area contributed by atoms with Gasteiger partial charge in [-0.1, -0.05) is 30.3 Å². The van der Waals surface area contributed by atoms with Gasteiger partial charge in [-0.3, -0.25) is 14.7 Å². The lowest BCUT2D eigenvalue weighted by Gasteiger charge is -2.38. The molecule has 2 aromatic carbocycles. The molecule has 3 heterocycles. The van der Waals surface area contributed by atoms with Crippen LogP contribution in [0.2, 0.25) is 0 Å². The highest BCUT2D eigenvalue weighted by atomic mass is 16.5. The summed E-state index contributed by atoms with van der Waals surface area (Å²) in [5.74, 6) is 0.457. The van der Waals surface area contributed by atoms with Gasteiger partial charge in [0.15, 0.2) is 5.60 Å². The zero-order valence-electron chi connectivity index (χ0n) is 25.7. The number of carbonyl (C=O) groups excluding carboxylic acids is 2. The summed E-state index contributed by atoms with van der Waals surface area (Å²) < 4.78 is 6.22. The molecule has 11 heteroatoms. The first-order valence-electron chi connectivity index (χ1n) is 15.3. The first-order valence-corrected chi connectivity index (χ1v) is 15.3. The van der Waals surface area contributed by atoms with Crippen LogP contribution in [0.4, 0.5) is 10.5 Å². The molecule has 1 unspecified atom stereocenters. The molecule has 1 aromatic heterocycles. The number of anilines is 1. The van der Waals surface area contributed by atoms with Crippen molar-refractivity contribution in [2.45, 2.75) is 45.8 Å². The number of rotatable bonds is 9. The molecule has 0 radical (unpaired) electrons. The Labute approximate surface area is 258 Å². The number of H-pyrrole nitrogens is 1. The van der Waals surface area contributed by atoms with E-state index in [1.165, 1.54) is 4.90 Å². The van der Waals surface area contributed by atoms with Crippen molar-refractivity contribution in [1.29, 1.82) is 0 Å². The molecule has 2 aliphatic heterocycles. The second kappa shape index (κ2) is 13.4. The predicted octanol–water partition coefficient (Wildman–Crippen LogP) is 4.32. The van der Waals surface area contributed by atoms with Crippen molar-refractivity contribution < 1.29 is 24.2 Å². The van der Waals surface area contributed by atoms with Crippen LogP contribution in [0.25, 0.3) is 11.1 Å². The summed E-state index contributed by atoms with van der Waals surface area (Å²) in [5, 5.41) is 16.1. The first-order chi connectivity index (χ1) is 21.1. The van der Waals surface area contributed by atoms with Gasteiger partial charge in [-0.25, -0.2) is 4.79 Å². The number of nitrogens with one attached hydrogen (secondary N) is 1. The van der Waals surface area contributed by atoms with Crippen LogP contribution >= 0.6 is 0 Å². The standard InChI is InChI=1S/C33H42N6O5/c1-4-36(22-24-10-12-25(13-11-24)27-20-34-35-21-27)30(40)26-7-6-14-39(23-26)28-8-5-9-29(19-28)44-33(2,3)31(41)37-15-17-38(18-16-37)32(42)43/h5,8-13,19-21,26H,4,6-7,14-18,22-23H2,1-3H3,(H,34,35)(H,42,43). The summed E-state index contributed by atoms with van der Waals surface area (Å²) in [6, 6.07) is 16.0. The number of hydrogen-bond acceptors (Lipinski definition) is 6. The first kappa shape index (κ1) is 30.9. The quantitative estimate of drug-likeness (QED) is 0.374. The Morgan fingerprint density at radius 2 is 1.75 bits per heavy atom. The molecule has 3 aromatic rings. The van der Waals surface area contributed by atoms with E-state index >= 15 is 0 Å². The molecule has 234 valence electrons. The number of ether oxygens (including phenoxy) is 1. The van der Waals surface area contributed by atoms with Crippen LogP contribution in [0.5, 0.6) is 5.75 Å². The Morgan fingerprint density at radius 3 is 2.41 bits per heavy atom. The zero-order chi connectivity index (χ0) is 31.3. The van der Waals surface area contributed by atoms with Crippen LogP contribution in [0, 0.1) is 5.92 Å². The number of carbonyl (C=O) groups is 3. The molecule has 2 fully saturated rings. The Hall–Kier alpha value is -4.54. The molecule has 0 saturated carbocycles. The van der Waals surface area contributed by atoms with Crippen LogP contribution in [0.3, 0.4) is 0 Å². The number of aromatic amines is 1. The summed E-state index contributed by atoms with van der Waals surface area (Å²) in [5.41, 5.74) is 3.03. The lowest BCUT2D eigenvalue weighted by atomic mass is 9.95. The molecule has 5 rings (SSSR count). The Bertz CT molecular complexity index is 1430. The van der Waals surface area contributed by atoms with Crippen LogP contribution < -0.4 is 9.64 Å². The third-order valence-corrected chi connectivity index (χ3v) is 8.53. The molecule has 0 aliphatic carbocycles. The molecule has 11 nitrogen and oxygen atoms in total. The number of amides is 3. The molecule has 2 N–H and O–H groups in total. The smallest absolute Gasteiger partial charge is 0.407 e. The summed E-state index contributed by atoms with van der Waals surface area (Å²) >= 11 is 0. The lowest BCUT2D eigenvalue weighted by molar-refractivity contribution is -0.147. The molecular formula is C33H42N6O5. The van der Waals surface area contributed by atoms with Gasteiger partial charge in [0.25, 0.3) is 5.91 Å². The SMILES string of the molecule is CCN(Cc1ccc(-c2cn[nH]c2)cc1)C(=O)C1CCCN(c2cccc(OC(C)(C)C(=O)N3CCN(C(=O)O)CC3)c2)C1. The number of carboxylic acid groups (broad SMARTS) is 1. The summed E-state index contributed by atoms with van der Waals surface area (Å²) in [7, 11) is 0. The predicted molar refractivity (Wildman–Crippen MR) is 167 cm³/mol. The maximum Gasteiger partial charge on any atom is 0.407 e. The van der Waals surface area contributed by atoms with Gasteiger partial charge in [-0.2, -0.15) is 5.10 Å². The van der Waals surface area contributed by atoms with Crippen LogP contribution in [0.15, 0.2) is 60.9 Å². The van der Waals surface area contributed by atoms with Gasteiger partial charge in [0.1, 0.15) is 5.75 Å². The summed E-state index contributed by atoms with van der Waals surface area (Å²) in [4.78, 5) is 45.3. The van der Waals surface area contributed by atoms with Crippen molar-refractivity contribution in [1.82, 2.24) is 24.9 Å². The van der Waals surface area contributed by atoms with Gasteiger partial charge >= 0.3 is 6.09 Å². The maximum atomic E-state index is 13.7. The number of hydrogen-bond donors (Lipinski definition) is 2. The number of piperazine rings is 1. The fourth-order valence-electron chi connectivity index (χ4n) is 6.01. The molecular weight excluding hydrogens is 560 g/mol. The highest BCUT2D eigenvalue weighted by Crippen LogP contribution is 2.30. The second-order valence-electron chi connectivity index (χ2n) is 12.0. The number of piperidine rings is 1. The number of nitrogens with zero attached hydrogens (tertiary/aromatic N) is 5. The maximum absolute atomic E-state index is 13.7. The molecule has 2 saturated heterocycles. The van der Waals surface area contributed by atoms with Gasteiger partial charge in [-0.15, -0.1) is 0 Å². The zero-order valence-corrected chi connectivity index (χ0v) is 25.7. The normalized spacial score (nSPS) is 17.3. The van der Waals surface area contributed by atoms with E-state index in [0.717, 1.165) is 41.8 Å². The van der Waals surface area contributed by atoms with E-state index < -0.39 is 11.7 Å². The summed E-state index contributed by atoms with van der Waals surface area (Å²) in [6.45, 7) is 9.42. The average molecular weight is 603 g/mol. The Kier molecular flexibility index (Phi) is 9.41. The van der Waals surface area contributed by atoms with Gasteiger partial charge in [-0.05, 0) is 56.9 Å². The van der Waals surface area contributed by atoms with E-state index in [1.54, 1.807) is 24.9 Å². The van der Waals surface area contributed by atoms with E-state index in [2.05, 4.69) is 39.4 Å². The van der Waals surface area contributed by atoms with Gasteiger partial charge in [0.05, 0.1) is 12.1 Å². The van der Waals surface area contributed by atoms with E-state index in [9.17, 15) is 19.5 Å². The van der Waals surface area contributed by atoms with Gasteiger partial charge < -0.3 is 29.4 Å². The third-order valence-electron chi connectivity index (χ3n) is 8.53. The van der Waals surface area contributed by atoms with Crippen molar-refractivity contribution >= 4 is 23.6 Å². The van der Waals surface area contributed by atoms with Crippen molar-refractivity contribution in [3.8, 4) is 16.9 Å². The van der Waals surface area contributed by atoms with Crippen LogP contribution in [0.1, 0.15) is 39.2 Å². The largest absolute Gasteiger partial charge is 0.478 e. The highest BCUT2D eigenvalue weighted by Gasteiger charge is 2.36. The van der Waals surface area contributed by atoms with Crippen LogP contribution in [-0.4, -0.2) is 99.3 Å². The molecule has 2 aliphatic rings. The fourth-order valence-corrected chi connectivity index (χ4v) is 6.01. The minimum Gasteiger partial charge on any atom is -0.478 e. The molecule has 0 spiro atoms. The Balaban J connectivity index is 1.19. The second-order valence-corrected chi connectivity index (χ2v) is 12.0. The third kappa shape index (κ3) is 7.15. The highest BCUT2D eigenvalue weighted by molar-refractivity contribution is 5.85. The molecule has 1 atom stereocenters. The van der Waals surface area contributed by atoms with E-state index in [4.69, 9.17) is 4.74 Å². The Morgan fingerprint density at radius 1 is 1.02 bits per heavy atom. The van der Waals surface area contributed by atoms with Crippen LogP contribution in [-0.2, 0) is 16.1 Å². The lowest BCUT2D eigenvalue weighted by Crippen LogP contribution is -2.56. The minimum absolute atomic E-state index is 0.110. The molecule has 44 heavy (non-hydrogen) atoms. The van der Waals surface area contributed by atoms with Crippen molar-refractivity contribution in [2.75, 3.05) is 50.7 Å². The van der Waals surface area contributed by atoms with Crippen molar-refractivity contribution in [3.05, 3.63) is 66.5 Å². The minimum atomic E-state index is -1.12. The summed E-state index contributed by atoms with van der Waals surface area (Å²) in [6.07, 6.45) is 4.44. The van der Waals surface area contributed by atoms with E-state index in [1.807, 2.05) is 42.3 Å². The molecule has 3 amide bonds. The fraction of sp³-hybridized carbons (Fsp3) is 0.455.